The van der Waals surface area contributed by atoms with Gasteiger partial charge in [-0.15, -0.1) is 0 Å². The van der Waals surface area contributed by atoms with Gasteiger partial charge in [-0.1, -0.05) is 54.6 Å². The van der Waals surface area contributed by atoms with E-state index in [0.717, 1.165) is 101 Å². The minimum absolute atomic E-state index is 0.176. The number of carbonyl (C=O) groups excluding carboxylic acids is 3. The molecule has 2 N–H and O–H groups in total. The summed E-state index contributed by atoms with van der Waals surface area (Å²) in [4.78, 5) is 48.9. The lowest BCUT2D eigenvalue weighted by Crippen LogP contribution is -2.56. The second-order valence-corrected chi connectivity index (χ2v) is 17.6. The van der Waals surface area contributed by atoms with E-state index < -0.39 is 5.41 Å². The van der Waals surface area contributed by atoms with Crippen LogP contribution in [0.3, 0.4) is 0 Å². The molecule has 0 bridgehead atoms. The first-order valence-corrected chi connectivity index (χ1v) is 22.0. The normalized spacial score (nSPS) is 24.3. The molecule has 11 heteroatoms. The van der Waals surface area contributed by atoms with E-state index in [-0.39, 0.29) is 29.4 Å². The summed E-state index contributed by atoms with van der Waals surface area (Å²) in [5, 5.41) is 21.6. The van der Waals surface area contributed by atoms with Crippen LogP contribution < -0.4 is 15.1 Å². The monoisotopic (exact) mass is 795 g/mol. The Balaban J connectivity index is 0.821. The summed E-state index contributed by atoms with van der Waals surface area (Å²) in [6.45, 7) is 7.46. The average molecular weight is 796 g/mol. The number of aromatic hydroxyl groups is 1. The summed E-state index contributed by atoms with van der Waals surface area (Å²) in [5.74, 6) is 1.01. The predicted molar refractivity (Wildman–Crippen MR) is 229 cm³/mol. The van der Waals surface area contributed by atoms with Crippen molar-refractivity contribution in [2.75, 3.05) is 62.2 Å². The number of para-hydroxylation sites is 1. The van der Waals surface area contributed by atoms with E-state index in [2.05, 4.69) is 83.6 Å². The summed E-state index contributed by atoms with van der Waals surface area (Å²) >= 11 is 0. The summed E-state index contributed by atoms with van der Waals surface area (Å²) in [6, 6.07) is 28.6. The summed E-state index contributed by atoms with van der Waals surface area (Å²) < 4.78 is 0. The first-order valence-electron chi connectivity index (χ1n) is 22.0. The molecule has 308 valence electrons. The molecule has 3 atom stereocenters. The van der Waals surface area contributed by atoms with Gasteiger partial charge < -0.3 is 19.8 Å². The first-order chi connectivity index (χ1) is 28.8. The molecule has 11 nitrogen and oxygen atoms in total. The van der Waals surface area contributed by atoms with Crippen LogP contribution in [0.25, 0.3) is 11.3 Å². The number of likely N-dealkylation sites (tertiary alicyclic amines) is 2. The molecule has 5 saturated heterocycles. The fourth-order valence-electron chi connectivity index (χ4n) is 10.9. The van der Waals surface area contributed by atoms with Crippen LogP contribution in [0, 0.1) is 11.8 Å². The number of anilines is 2. The lowest BCUT2D eigenvalue weighted by molar-refractivity contribution is -0.141. The Hall–Kier alpha value is -5.29. The third-order valence-electron chi connectivity index (χ3n) is 14.2. The molecule has 0 spiro atoms. The van der Waals surface area contributed by atoms with Crippen molar-refractivity contribution in [2.45, 2.75) is 81.6 Å². The smallest absolute Gasteiger partial charge is 0.234 e. The Morgan fingerprint density at radius 2 is 1.51 bits per heavy atom. The molecule has 4 aromatic rings. The third-order valence-corrected chi connectivity index (χ3v) is 14.2. The highest BCUT2D eigenvalue weighted by molar-refractivity contribution is 6.01. The Kier molecular flexibility index (Phi) is 11.4. The fourth-order valence-corrected chi connectivity index (χ4v) is 10.9. The standard InChI is InChI=1S/C48H57N7O4/c56-44-13-5-4-11-41(44)42-30-39(31-49-51-42)53-28-22-48(23-29-53,37-9-2-1-3-10-37)47(59)55-25-6-8-36(33-55)43-12-7-24-54(43)32-34-20-26-52(27-21-34)38-16-14-35(15-17-38)40-18-19-45(57)50-46(40)58/h1-5,9-11,13-17,30-31,34,36,40,43,56H,6-8,12,18-29,32-33H2,(H,50,57,58)/t36?,40-,43?/m1/s1. The molecule has 1 aromatic heterocycles. The van der Waals surface area contributed by atoms with Gasteiger partial charge in [-0.3, -0.25) is 24.6 Å². The summed E-state index contributed by atoms with van der Waals surface area (Å²) in [7, 11) is 0. The van der Waals surface area contributed by atoms with Crippen molar-refractivity contribution < 1.29 is 19.5 Å². The lowest BCUT2D eigenvalue weighted by Gasteiger charge is -2.47. The second kappa shape index (κ2) is 17.1. The number of aromatic nitrogens is 2. The highest BCUT2D eigenvalue weighted by Crippen LogP contribution is 2.41. The van der Waals surface area contributed by atoms with E-state index >= 15 is 4.79 Å². The Morgan fingerprint density at radius 1 is 0.780 bits per heavy atom. The maximum absolute atomic E-state index is 15.0. The molecular weight excluding hydrogens is 739 g/mol. The number of phenols is 1. The maximum Gasteiger partial charge on any atom is 0.234 e. The number of nitrogens with zero attached hydrogens (tertiary/aromatic N) is 6. The Labute approximate surface area is 347 Å². The number of nitrogens with one attached hydrogen (secondary N) is 1. The summed E-state index contributed by atoms with van der Waals surface area (Å²) in [6.07, 6.45) is 11.2. The molecule has 5 aliphatic heterocycles. The number of piperidine rings is 4. The zero-order valence-corrected chi connectivity index (χ0v) is 34.1. The first kappa shape index (κ1) is 39.2. The fraction of sp³-hybridized carbons (Fsp3) is 0.479. The van der Waals surface area contributed by atoms with Crippen LogP contribution in [0.15, 0.2) is 91.1 Å². The Bertz CT molecular complexity index is 2110. The molecule has 5 fully saturated rings. The number of amides is 3. The van der Waals surface area contributed by atoms with E-state index in [0.29, 0.717) is 42.0 Å². The van der Waals surface area contributed by atoms with Gasteiger partial charge in [0.05, 0.1) is 28.9 Å². The quantitative estimate of drug-likeness (QED) is 0.182. The van der Waals surface area contributed by atoms with Crippen molar-refractivity contribution in [3.63, 3.8) is 0 Å². The van der Waals surface area contributed by atoms with Gasteiger partial charge in [0, 0.05) is 69.5 Å². The van der Waals surface area contributed by atoms with E-state index in [1.54, 1.807) is 18.3 Å². The van der Waals surface area contributed by atoms with Gasteiger partial charge in [-0.25, -0.2) is 0 Å². The molecule has 6 heterocycles. The van der Waals surface area contributed by atoms with Gasteiger partial charge in [0.2, 0.25) is 17.7 Å². The van der Waals surface area contributed by atoms with Crippen molar-refractivity contribution in [2.24, 2.45) is 11.8 Å². The molecule has 0 radical (unpaired) electrons. The lowest BCUT2D eigenvalue weighted by atomic mass is 9.71. The molecule has 5 aliphatic rings. The number of phenolic OH excluding ortho intramolecular Hbond substituents is 1. The molecule has 59 heavy (non-hydrogen) atoms. The van der Waals surface area contributed by atoms with Crippen LogP contribution in [0.1, 0.15) is 81.3 Å². The van der Waals surface area contributed by atoms with Crippen molar-refractivity contribution in [3.8, 4) is 17.0 Å². The molecule has 3 amide bonds. The van der Waals surface area contributed by atoms with Gasteiger partial charge in [-0.2, -0.15) is 10.2 Å². The predicted octanol–water partition coefficient (Wildman–Crippen LogP) is 6.53. The van der Waals surface area contributed by atoms with Crippen LogP contribution in [0.2, 0.25) is 0 Å². The van der Waals surface area contributed by atoms with Crippen LogP contribution in [0.5, 0.6) is 5.75 Å². The van der Waals surface area contributed by atoms with Gasteiger partial charge in [-0.05, 0) is 118 Å². The number of hydrogen-bond donors (Lipinski definition) is 2. The average Bonchev–Trinajstić information content (AvgIpc) is 3.75. The summed E-state index contributed by atoms with van der Waals surface area (Å²) in [5.41, 5.74) is 4.99. The molecule has 0 saturated carbocycles. The highest BCUT2D eigenvalue weighted by Gasteiger charge is 2.47. The second-order valence-electron chi connectivity index (χ2n) is 17.6. The molecule has 9 rings (SSSR count). The van der Waals surface area contributed by atoms with Crippen molar-refractivity contribution in [3.05, 3.63) is 102 Å². The molecule has 3 aromatic carbocycles. The van der Waals surface area contributed by atoms with Gasteiger partial charge >= 0.3 is 0 Å². The molecular formula is C48H57N7O4. The number of hydrogen-bond acceptors (Lipinski definition) is 9. The molecule has 0 aliphatic carbocycles. The van der Waals surface area contributed by atoms with E-state index in [1.807, 2.05) is 24.3 Å². The van der Waals surface area contributed by atoms with E-state index in [1.165, 1.54) is 24.9 Å². The minimum atomic E-state index is -0.574. The Morgan fingerprint density at radius 3 is 2.27 bits per heavy atom. The van der Waals surface area contributed by atoms with E-state index in [9.17, 15) is 14.7 Å². The van der Waals surface area contributed by atoms with E-state index in [4.69, 9.17) is 0 Å². The van der Waals surface area contributed by atoms with Crippen LogP contribution in [-0.2, 0) is 19.8 Å². The number of imide groups is 1. The SMILES string of the molecule is O=C1CC[C@H](c2ccc(N3CCC(CN4CCCC4C4CCCN(C(=O)C5(c6ccccc6)CCN(c6cnnc(-c7ccccc7O)c6)CC5)C4)CC3)cc2)C(=O)N1. The van der Waals surface area contributed by atoms with Crippen LogP contribution >= 0.6 is 0 Å². The number of carbonyl (C=O) groups is 3. The topological polar surface area (TPSA) is 122 Å². The maximum atomic E-state index is 15.0. The van der Waals surface area contributed by atoms with Crippen molar-refractivity contribution in [1.82, 2.24) is 25.3 Å². The van der Waals surface area contributed by atoms with Crippen molar-refractivity contribution >= 4 is 29.1 Å². The van der Waals surface area contributed by atoms with Gasteiger partial charge in [0.1, 0.15) is 5.75 Å². The van der Waals surface area contributed by atoms with Crippen LogP contribution in [0.4, 0.5) is 11.4 Å². The highest BCUT2D eigenvalue weighted by atomic mass is 16.3. The molecule has 2 unspecified atom stereocenters. The van der Waals surface area contributed by atoms with Crippen LogP contribution in [-0.4, -0.2) is 101 Å². The number of benzene rings is 3. The van der Waals surface area contributed by atoms with Gasteiger partial charge in [0.15, 0.2) is 0 Å². The minimum Gasteiger partial charge on any atom is -0.507 e. The largest absolute Gasteiger partial charge is 0.507 e. The zero-order chi connectivity index (χ0) is 40.3. The zero-order valence-electron chi connectivity index (χ0n) is 34.1. The van der Waals surface area contributed by atoms with Crippen molar-refractivity contribution in [1.29, 1.82) is 0 Å². The third kappa shape index (κ3) is 8.18. The number of rotatable bonds is 9. The van der Waals surface area contributed by atoms with Gasteiger partial charge in [0.25, 0.3) is 0 Å².